The summed E-state index contributed by atoms with van der Waals surface area (Å²) >= 11 is 0. The Hall–Kier alpha value is -2.09. The highest BCUT2D eigenvalue weighted by Gasteiger charge is 2.29. The summed E-state index contributed by atoms with van der Waals surface area (Å²) < 4.78 is 5.43. The first-order chi connectivity index (χ1) is 10.4. The van der Waals surface area contributed by atoms with E-state index in [-0.39, 0.29) is 0 Å². The summed E-state index contributed by atoms with van der Waals surface area (Å²) in [5.74, 6) is 1.46. The van der Waals surface area contributed by atoms with Crippen LogP contribution in [0.5, 0.6) is 0 Å². The lowest BCUT2D eigenvalue weighted by Gasteiger charge is -2.32. The average Bonchev–Trinajstić information content (AvgIpc) is 3.05. The van der Waals surface area contributed by atoms with Crippen LogP contribution in [0, 0.1) is 5.92 Å². The fourth-order valence-corrected chi connectivity index (χ4v) is 3.49. The maximum atomic E-state index is 5.43. The number of hydrogen-bond donors (Lipinski definition) is 0. The highest BCUT2D eigenvalue weighted by molar-refractivity contribution is 6.14. The van der Waals surface area contributed by atoms with Gasteiger partial charge in [0.15, 0.2) is 0 Å². The average molecular weight is 277 g/mol. The smallest absolute Gasteiger partial charge is 0.125 e. The predicted octanol–water partition coefficient (Wildman–Crippen LogP) is 4.77. The second kappa shape index (κ2) is 5.36. The minimum Gasteiger partial charge on any atom is -0.467 e. The molecule has 0 aromatic carbocycles. The van der Waals surface area contributed by atoms with E-state index in [2.05, 4.69) is 30.4 Å². The second-order valence-electron chi connectivity index (χ2n) is 5.84. The van der Waals surface area contributed by atoms with Crippen molar-refractivity contribution in [3.8, 4) is 0 Å². The number of fused-ring (bicyclic) bond motifs is 1. The lowest BCUT2D eigenvalue weighted by atomic mass is 9.73. The van der Waals surface area contributed by atoms with Gasteiger partial charge in [-0.3, -0.25) is 4.99 Å². The molecule has 0 bridgehead atoms. The molecule has 21 heavy (non-hydrogen) atoms. The minimum absolute atomic E-state index is 0.527. The van der Waals surface area contributed by atoms with Crippen molar-refractivity contribution < 1.29 is 4.42 Å². The first-order valence-corrected chi connectivity index (χ1v) is 7.72. The molecule has 1 aromatic rings. The molecule has 0 N–H and O–H groups in total. The molecular weight excluding hydrogens is 258 g/mol. The molecule has 106 valence electrons. The molecule has 0 saturated carbocycles. The number of rotatable bonds is 2. The topological polar surface area (TPSA) is 25.5 Å². The van der Waals surface area contributed by atoms with Crippen LogP contribution < -0.4 is 0 Å². The molecule has 0 fully saturated rings. The molecule has 1 unspecified atom stereocenters. The summed E-state index contributed by atoms with van der Waals surface area (Å²) in [6, 6.07) is 3.92. The van der Waals surface area contributed by atoms with Crippen molar-refractivity contribution in [1.29, 1.82) is 0 Å². The highest BCUT2D eigenvalue weighted by atomic mass is 16.3. The van der Waals surface area contributed by atoms with Crippen molar-refractivity contribution in [3.63, 3.8) is 0 Å². The van der Waals surface area contributed by atoms with Gasteiger partial charge in [0.25, 0.3) is 0 Å². The largest absolute Gasteiger partial charge is 0.467 e. The predicted molar refractivity (Wildman–Crippen MR) is 85.2 cm³/mol. The van der Waals surface area contributed by atoms with Gasteiger partial charge in [0.2, 0.25) is 0 Å². The van der Waals surface area contributed by atoms with Crippen molar-refractivity contribution in [2.45, 2.75) is 32.2 Å². The Kier molecular flexibility index (Phi) is 3.23. The first kappa shape index (κ1) is 12.6. The minimum atomic E-state index is 0.527. The van der Waals surface area contributed by atoms with Crippen LogP contribution in [0.2, 0.25) is 0 Å². The van der Waals surface area contributed by atoms with Gasteiger partial charge >= 0.3 is 0 Å². The third-order valence-electron chi connectivity index (χ3n) is 4.52. The molecule has 4 rings (SSSR count). The van der Waals surface area contributed by atoms with Crippen molar-refractivity contribution in [1.82, 2.24) is 0 Å². The van der Waals surface area contributed by atoms with Gasteiger partial charge in [0, 0.05) is 5.92 Å². The summed E-state index contributed by atoms with van der Waals surface area (Å²) in [6.45, 7) is 0.636. The third kappa shape index (κ3) is 2.35. The molecule has 2 nitrogen and oxygen atoms in total. The first-order valence-electron chi connectivity index (χ1n) is 7.72. The Labute approximate surface area is 125 Å². The van der Waals surface area contributed by atoms with Crippen LogP contribution in [0.25, 0.3) is 0 Å². The molecule has 0 spiro atoms. The van der Waals surface area contributed by atoms with Gasteiger partial charge in [0.1, 0.15) is 5.76 Å². The van der Waals surface area contributed by atoms with Gasteiger partial charge in [-0.05, 0) is 49.0 Å². The summed E-state index contributed by atoms with van der Waals surface area (Å²) in [7, 11) is 0. The highest BCUT2D eigenvalue weighted by Crippen LogP contribution is 2.39. The fourth-order valence-electron chi connectivity index (χ4n) is 3.49. The summed E-state index contributed by atoms with van der Waals surface area (Å²) in [6.07, 6.45) is 17.6. The zero-order valence-corrected chi connectivity index (χ0v) is 12.1. The molecule has 1 atom stereocenters. The number of furan rings is 1. The van der Waals surface area contributed by atoms with E-state index in [4.69, 9.17) is 9.41 Å². The molecule has 0 amide bonds. The maximum Gasteiger partial charge on any atom is 0.125 e. The molecule has 2 heteroatoms. The lowest BCUT2D eigenvalue weighted by molar-refractivity contribution is 0.512. The Morgan fingerprint density at radius 1 is 1.19 bits per heavy atom. The summed E-state index contributed by atoms with van der Waals surface area (Å²) in [5.41, 5.74) is 5.69. The standard InChI is InChI=1S/C19H19NO/c1-3-9-17-14(6-1)12-15-7-2-4-10-18(15)19(17)20-13-16-8-5-11-21-16/h1-3,5,7-8,10-11,15H,4,6,9,12-13H2. The van der Waals surface area contributed by atoms with Crippen LogP contribution in [0.4, 0.5) is 0 Å². The fraction of sp³-hybridized carbons (Fsp3) is 0.316. The zero-order valence-electron chi connectivity index (χ0n) is 12.1. The normalized spacial score (nSPS) is 25.8. The van der Waals surface area contributed by atoms with Gasteiger partial charge < -0.3 is 4.42 Å². The van der Waals surface area contributed by atoms with E-state index < -0.39 is 0 Å². The number of hydrogen-bond acceptors (Lipinski definition) is 2. The number of aliphatic imine (C=N–C) groups is 1. The summed E-state index contributed by atoms with van der Waals surface area (Å²) in [4.78, 5) is 4.92. The van der Waals surface area contributed by atoms with Gasteiger partial charge in [-0.1, -0.05) is 36.0 Å². The lowest BCUT2D eigenvalue weighted by Crippen LogP contribution is -2.24. The van der Waals surface area contributed by atoms with E-state index in [9.17, 15) is 0 Å². The van der Waals surface area contributed by atoms with E-state index in [0.717, 1.165) is 25.0 Å². The van der Waals surface area contributed by atoms with Crippen LogP contribution in [0.1, 0.15) is 31.4 Å². The van der Waals surface area contributed by atoms with Gasteiger partial charge in [0.05, 0.1) is 18.5 Å². The molecule has 3 aliphatic rings. The van der Waals surface area contributed by atoms with Crippen LogP contribution in [-0.2, 0) is 6.54 Å². The van der Waals surface area contributed by atoms with Crippen LogP contribution in [-0.4, -0.2) is 5.71 Å². The van der Waals surface area contributed by atoms with E-state index in [1.165, 1.54) is 23.3 Å². The van der Waals surface area contributed by atoms with E-state index in [1.54, 1.807) is 11.8 Å². The second-order valence-corrected chi connectivity index (χ2v) is 5.84. The van der Waals surface area contributed by atoms with Crippen molar-refractivity contribution >= 4 is 5.71 Å². The Morgan fingerprint density at radius 2 is 2.14 bits per heavy atom. The molecule has 1 aromatic heterocycles. The van der Waals surface area contributed by atoms with Gasteiger partial charge in [-0.15, -0.1) is 0 Å². The number of allylic oxidation sites excluding steroid dienone is 8. The molecule has 1 heterocycles. The van der Waals surface area contributed by atoms with Crippen LogP contribution in [0.15, 0.2) is 74.9 Å². The van der Waals surface area contributed by atoms with Crippen molar-refractivity contribution in [3.05, 3.63) is 71.3 Å². The number of nitrogens with zero attached hydrogens (tertiary/aromatic N) is 1. The third-order valence-corrected chi connectivity index (χ3v) is 4.52. The van der Waals surface area contributed by atoms with Gasteiger partial charge in [-0.25, -0.2) is 0 Å². The molecule has 0 saturated heterocycles. The van der Waals surface area contributed by atoms with E-state index in [0.29, 0.717) is 12.5 Å². The maximum absolute atomic E-state index is 5.43. The van der Waals surface area contributed by atoms with Gasteiger partial charge in [-0.2, -0.15) is 0 Å². The monoisotopic (exact) mass is 277 g/mol. The Balaban J connectivity index is 1.72. The van der Waals surface area contributed by atoms with Crippen LogP contribution >= 0.6 is 0 Å². The SMILES string of the molecule is C1=CC2CC3=C(CC=CC3)C(=NCc3ccco3)C2=CC1. The molecular formula is C19H19NO. The van der Waals surface area contributed by atoms with Crippen LogP contribution in [0.3, 0.4) is 0 Å². The zero-order chi connectivity index (χ0) is 14.1. The quantitative estimate of drug-likeness (QED) is 0.715. The van der Waals surface area contributed by atoms with Crippen molar-refractivity contribution in [2.75, 3.05) is 0 Å². The summed E-state index contributed by atoms with van der Waals surface area (Å²) in [5, 5.41) is 0. The van der Waals surface area contributed by atoms with Crippen molar-refractivity contribution in [2.24, 2.45) is 10.9 Å². The van der Waals surface area contributed by atoms with E-state index >= 15 is 0 Å². The Bertz CT molecular complexity index is 683. The molecule has 0 radical (unpaired) electrons. The molecule has 0 aliphatic heterocycles. The molecule has 3 aliphatic carbocycles. The van der Waals surface area contributed by atoms with E-state index in [1.807, 2.05) is 12.1 Å². The Morgan fingerprint density at radius 3 is 3.05 bits per heavy atom.